The lowest BCUT2D eigenvalue weighted by molar-refractivity contribution is -0.123. The molecule has 1 heterocycles. The fourth-order valence-electron chi connectivity index (χ4n) is 2.14. The van der Waals surface area contributed by atoms with E-state index in [-0.39, 0.29) is 29.4 Å². The van der Waals surface area contributed by atoms with Crippen LogP contribution in [0.2, 0.25) is 5.02 Å². The number of hydrogen-bond acceptors (Lipinski definition) is 5. The molecule has 1 aliphatic heterocycles. The summed E-state index contributed by atoms with van der Waals surface area (Å²) in [7, 11) is -3.07. The van der Waals surface area contributed by atoms with E-state index in [1.54, 1.807) is 0 Å². The number of primary amides is 1. The Morgan fingerprint density at radius 1 is 1.41 bits per heavy atom. The van der Waals surface area contributed by atoms with E-state index in [9.17, 15) is 18.0 Å². The molecule has 2 rings (SSSR count). The van der Waals surface area contributed by atoms with E-state index in [0.29, 0.717) is 11.4 Å². The maximum atomic E-state index is 11.8. The number of ether oxygens (including phenoxy) is 1. The number of nitrogens with two attached hydrogens (primary N) is 1. The summed E-state index contributed by atoms with van der Waals surface area (Å²) < 4.78 is 27.9. The van der Waals surface area contributed by atoms with Crippen molar-refractivity contribution < 1.29 is 22.7 Å². The first kappa shape index (κ1) is 16.6. The van der Waals surface area contributed by atoms with Gasteiger partial charge in [0.2, 0.25) is 0 Å². The predicted octanol–water partition coefficient (Wildman–Crippen LogP) is 0.121. The van der Waals surface area contributed by atoms with E-state index in [2.05, 4.69) is 5.32 Å². The lowest BCUT2D eigenvalue weighted by Gasteiger charge is -2.13. The van der Waals surface area contributed by atoms with Crippen LogP contribution in [0.3, 0.4) is 0 Å². The SMILES string of the molecule is NC(=O)c1ccc(Cl)cc1OCC(=O)NC1CCS(=O)(=O)C1. The van der Waals surface area contributed by atoms with Crippen LogP contribution in [0.4, 0.5) is 0 Å². The third kappa shape index (κ3) is 4.35. The molecule has 1 fully saturated rings. The van der Waals surface area contributed by atoms with Gasteiger partial charge in [0.15, 0.2) is 16.4 Å². The Bertz CT molecular complexity index is 704. The molecule has 0 saturated carbocycles. The van der Waals surface area contributed by atoms with E-state index in [0.717, 1.165) is 0 Å². The molecule has 0 spiro atoms. The largest absolute Gasteiger partial charge is 0.483 e. The first-order valence-corrected chi connectivity index (χ1v) is 8.69. The molecule has 120 valence electrons. The van der Waals surface area contributed by atoms with Gasteiger partial charge in [-0.15, -0.1) is 0 Å². The number of carbonyl (C=O) groups excluding carboxylic acids is 2. The van der Waals surface area contributed by atoms with E-state index < -0.39 is 27.7 Å². The van der Waals surface area contributed by atoms with Crippen LogP contribution in [-0.2, 0) is 14.6 Å². The summed E-state index contributed by atoms with van der Waals surface area (Å²) >= 11 is 5.81. The quantitative estimate of drug-likeness (QED) is 0.785. The number of carbonyl (C=O) groups is 2. The van der Waals surface area contributed by atoms with E-state index in [1.165, 1.54) is 18.2 Å². The molecule has 1 unspecified atom stereocenters. The fraction of sp³-hybridized carbons (Fsp3) is 0.385. The highest BCUT2D eigenvalue weighted by molar-refractivity contribution is 7.91. The van der Waals surface area contributed by atoms with Crippen LogP contribution < -0.4 is 15.8 Å². The topological polar surface area (TPSA) is 116 Å². The molecule has 0 radical (unpaired) electrons. The zero-order chi connectivity index (χ0) is 16.3. The molecule has 1 aromatic rings. The zero-order valence-electron chi connectivity index (χ0n) is 11.5. The minimum Gasteiger partial charge on any atom is -0.483 e. The Kier molecular flexibility index (Phi) is 4.92. The van der Waals surface area contributed by atoms with E-state index in [4.69, 9.17) is 22.1 Å². The minimum atomic E-state index is -3.07. The Morgan fingerprint density at radius 2 is 2.14 bits per heavy atom. The molecule has 7 nitrogen and oxygen atoms in total. The molecule has 1 aliphatic rings. The van der Waals surface area contributed by atoms with Gasteiger partial charge in [0.1, 0.15) is 5.75 Å². The maximum absolute atomic E-state index is 11.8. The number of hydrogen-bond donors (Lipinski definition) is 2. The van der Waals surface area contributed by atoms with Crippen LogP contribution in [0.25, 0.3) is 0 Å². The van der Waals surface area contributed by atoms with E-state index in [1.807, 2.05) is 0 Å². The van der Waals surface area contributed by atoms with Gasteiger partial charge in [-0.2, -0.15) is 0 Å². The van der Waals surface area contributed by atoms with Gasteiger partial charge in [-0.3, -0.25) is 9.59 Å². The first-order chi connectivity index (χ1) is 10.3. The van der Waals surface area contributed by atoms with Crippen LogP contribution in [-0.4, -0.2) is 44.4 Å². The first-order valence-electron chi connectivity index (χ1n) is 6.49. The van der Waals surface area contributed by atoms with Crippen molar-refractivity contribution in [1.29, 1.82) is 0 Å². The lowest BCUT2D eigenvalue weighted by Crippen LogP contribution is -2.38. The van der Waals surface area contributed by atoms with Crippen molar-refractivity contribution in [3.05, 3.63) is 28.8 Å². The second-order valence-corrected chi connectivity index (χ2v) is 7.63. The Balaban J connectivity index is 1.94. The smallest absolute Gasteiger partial charge is 0.258 e. The fourth-order valence-corrected chi connectivity index (χ4v) is 3.98. The van der Waals surface area contributed by atoms with Crippen LogP contribution in [0.15, 0.2) is 18.2 Å². The summed E-state index contributed by atoms with van der Waals surface area (Å²) in [5.41, 5.74) is 5.32. The Labute approximate surface area is 132 Å². The molecule has 3 N–H and O–H groups in total. The number of amides is 2. The predicted molar refractivity (Wildman–Crippen MR) is 80.7 cm³/mol. The van der Waals surface area contributed by atoms with Crippen molar-refractivity contribution in [1.82, 2.24) is 5.32 Å². The summed E-state index contributed by atoms with van der Waals surface area (Å²) in [6.07, 6.45) is 0.387. The summed E-state index contributed by atoms with van der Waals surface area (Å²) in [6, 6.07) is 3.87. The molecule has 0 bridgehead atoms. The standard InChI is InChI=1S/C13H15ClN2O5S/c14-8-1-2-10(13(15)18)11(5-8)21-6-12(17)16-9-3-4-22(19,20)7-9/h1-2,5,9H,3-4,6-7H2,(H2,15,18)(H,16,17). The molecule has 1 aromatic carbocycles. The summed E-state index contributed by atoms with van der Waals surface area (Å²) in [6.45, 7) is -0.364. The number of nitrogens with one attached hydrogen (secondary N) is 1. The van der Waals surface area contributed by atoms with Crippen molar-refractivity contribution >= 4 is 33.3 Å². The van der Waals surface area contributed by atoms with Crippen LogP contribution in [0.1, 0.15) is 16.8 Å². The zero-order valence-corrected chi connectivity index (χ0v) is 13.1. The Morgan fingerprint density at radius 3 is 2.73 bits per heavy atom. The molecule has 22 heavy (non-hydrogen) atoms. The number of benzene rings is 1. The van der Waals surface area contributed by atoms with Crippen LogP contribution in [0, 0.1) is 0 Å². The Hall–Kier alpha value is -1.80. The van der Waals surface area contributed by atoms with Gasteiger partial charge < -0.3 is 15.8 Å². The van der Waals surface area contributed by atoms with Gasteiger partial charge >= 0.3 is 0 Å². The third-order valence-corrected chi connectivity index (χ3v) is 5.17. The highest BCUT2D eigenvalue weighted by atomic mass is 35.5. The highest BCUT2D eigenvalue weighted by Gasteiger charge is 2.28. The number of halogens is 1. The normalized spacial score (nSPS) is 19.6. The van der Waals surface area contributed by atoms with Crippen molar-refractivity contribution in [2.24, 2.45) is 5.73 Å². The van der Waals surface area contributed by atoms with Crippen molar-refractivity contribution in [2.45, 2.75) is 12.5 Å². The van der Waals surface area contributed by atoms with Crippen molar-refractivity contribution in [3.63, 3.8) is 0 Å². The van der Waals surface area contributed by atoms with Crippen molar-refractivity contribution in [3.8, 4) is 5.75 Å². The average Bonchev–Trinajstić information content (AvgIpc) is 2.75. The van der Waals surface area contributed by atoms with E-state index >= 15 is 0 Å². The van der Waals surface area contributed by atoms with Gasteiger partial charge in [0.05, 0.1) is 17.1 Å². The monoisotopic (exact) mass is 346 g/mol. The number of sulfone groups is 1. The molecule has 1 saturated heterocycles. The lowest BCUT2D eigenvalue weighted by atomic mass is 10.2. The average molecular weight is 347 g/mol. The van der Waals surface area contributed by atoms with Crippen LogP contribution >= 0.6 is 11.6 Å². The molecule has 2 amide bonds. The summed E-state index contributed by atoms with van der Waals surface area (Å²) in [4.78, 5) is 23.0. The number of rotatable bonds is 5. The summed E-state index contributed by atoms with van der Waals surface area (Å²) in [5.74, 6) is -1.07. The summed E-state index contributed by atoms with van der Waals surface area (Å²) in [5, 5.41) is 2.91. The van der Waals surface area contributed by atoms with Gasteiger partial charge in [-0.25, -0.2) is 8.42 Å². The second-order valence-electron chi connectivity index (χ2n) is 4.96. The molecule has 0 aliphatic carbocycles. The third-order valence-electron chi connectivity index (χ3n) is 3.17. The van der Waals surface area contributed by atoms with Gasteiger partial charge in [-0.1, -0.05) is 11.6 Å². The maximum Gasteiger partial charge on any atom is 0.258 e. The molecule has 0 aromatic heterocycles. The minimum absolute atomic E-state index is 0.0670. The molecule has 9 heteroatoms. The molecule has 1 atom stereocenters. The second kappa shape index (κ2) is 6.53. The molecular formula is C13H15ClN2O5S. The van der Waals surface area contributed by atoms with Crippen molar-refractivity contribution in [2.75, 3.05) is 18.1 Å². The van der Waals surface area contributed by atoms with Gasteiger partial charge in [0.25, 0.3) is 11.8 Å². The molecular weight excluding hydrogens is 332 g/mol. The van der Waals surface area contributed by atoms with Gasteiger partial charge in [-0.05, 0) is 24.6 Å². The highest BCUT2D eigenvalue weighted by Crippen LogP contribution is 2.23. The van der Waals surface area contributed by atoms with Crippen LogP contribution in [0.5, 0.6) is 5.75 Å². The van der Waals surface area contributed by atoms with Gasteiger partial charge in [0, 0.05) is 11.1 Å².